The lowest BCUT2D eigenvalue weighted by Gasteiger charge is -1.98. The molecule has 0 fully saturated rings. The molecule has 20 heavy (non-hydrogen) atoms. The maximum absolute atomic E-state index is 8.54. The second-order valence-electron chi connectivity index (χ2n) is 3.77. The van der Waals surface area contributed by atoms with E-state index in [9.17, 15) is 0 Å². The summed E-state index contributed by atoms with van der Waals surface area (Å²) in [6.07, 6.45) is 0. The van der Waals surface area contributed by atoms with Crippen LogP contribution in [0.5, 0.6) is 0 Å². The summed E-state index contributed by atoms with van der Waals surface area (Å²) in [5, 5.41) is 15.5. The van der Waals surface area contributed by atoms with E-state index in [0.717, 1.165) is 25.9 Å². The number of ether oxygens (including phenoxy) is 1. The van der Waals surface area contributed by atoms with E-state index >= 15 is 0 Å². The third-order valence-corrected chi connectivity index (χ3v) is 2.34. The number of hydrogen-bond donors (Lipinski definition) is 2. The van der Waals surface area contributed by atoms with Gasteiger partial charge in [-0.25, -0.2) is 0 Å². The molecule has 0 heterocycles. The van der Waals surface area contributed by atoms with Gasteiger partial charge in [0.05, 0.1) is 13.2 Å². The molecule has 110 valence electrons. The summed E-state index contributed by atoms with van der Waals surface area (Å²) in [5.74, 6) is 0. The van der Waals surface area contributed by atoms with Crippen LogP contribution < -0.4 is 0 Å². The highest BCUT2D eigenvalue weighted by atomic mass is 16.5. The van der Waals surface area contributed by atoms with Crippen LogP contribution in [0.2, 0.25) is 0 Å². The van der Waals surface area contributed by atoms with Crippen LogP contribution in [0.25, 0.3) is 0 Å². The summed E-state index contributed by atoms with van der Waals surface area (Å²) in [5.41, 5.74) is 2.21. The molecule has 2 aromatic carbocycles. The van der Waals surface area contributed by atoms with E-state index in [1.165, 1.54) is 5.56 Å². The van der Waals surface area contributed by atoms with E-state index in [1.807, 2.05) is 55.5 Å². The van der Waals surface area contributed by atoms with Crippen LogP contribution in [-0.4, -0.2) is 23.9 Å². The van der Waals surface area contributed by atoms with Crippen molar-refractivity contribution in [2.45, 2.75) is 20.1 Å². The van der Waals surface area contributed by atoms with E-state index in [-0.39, 0.29) is 6.61 Å². The van der Waals surface area contributed by atoms with Crippen molar-refractivity contribution >= 4 is 0 Å². The number of aliphatic hydroxyl groups is 2. The topological polar surface area (TPSA) is 49.7 Å². The zero-order chi connectivity index (χ0) is 15.1. The Morgan fingerprint density at radius 1 is 0.800 bits per heavy atom. The zero-order valence-electron chi connectivity index (χ0n) is 12.2. The molecule has 0 aromatic heterocycles. The molecule has 0 radical (unpaired) electrons. The van der Waals surface area contributed by atoms with Gasteiger partial charge in [0.1, 0.15) is 0 Å². The van der Waals surface area contributed by atoms with Crippen molar-refractivity contribution in [3.63, 3.8) is 0 Å². The summed E-state index contributed by atoms with van der Waals surface area (Å²) < 4.78 is 5.22. The summed E-state index contributed by atoms with van der Waals surface area (Å²) in [4.78, 5) is 0. The van der Waals surface area contributed by atoms with Crippen LogP contribution in [0.15, 0.2) is 60.7 Å². The third-order valence-electron chi connectivity index (χ3n) is 2.34. The number of hydrogen-bond acceptors (Lipinski definition) is 3. The molecule has 0 saturated carbocycles. The van der Waals surface area contributed by atoms with Gasteiger partial charge >= 0.3 is 0 Å². The van der Waals surface area contributed by atoms with Gasteiger partial charge in [0.15, 0.2) is 0 Å². The summed E-state index contributed by atoms with van der Waals surface area (Å²) in [6.45, 7) is 3.66. The summed E-state index contributed by atoms with van der Waals surface area (Å²) >= 11 is 0. The molecule has 3 heteroatoms. The van der Waals surface area contributed by atoms with Crippen LogP contribution in [0.3, 0.4) is 0 Å². The van der Waals surface area contributed by atoms with E-state index in [0.29, 0.717) is 0 Å². The molecular formula is C17H24O3. The monoisotopic (exact) mass is 276 g/mol. The van der Waals surface area contributed by atoms with Gasteiger partial charge in [-0.2, -0.15) is 0 Å². The zero-order valence-corrected chi connectivity index (χ0v) is 12.2. The predicted octanol–water partition coefficient (Wildman–Crippen LogP) is 3.01. The molecule has 0 saturated heterocycles. The van der Waals surface area contributed by atoms with Gasteiger partial charge in [0, 0.05) is 13.7 Å². The second-order valence-corrected chi connectivity index (χ2v) is 3.77. The largest absolute Gasteiger partial charge is 0.400 e. The standard InChI is InChI=1S/C9H12O.C7H8O.CH4O/c1-2-10-8-9-6-4-3-5-7-9;8-6-7-4-2-1-3-5-7;1-2/h3-7H,2,8H2,1H3;1-5,8H,6H2;2H,1H3. The molecule has 0 amide bonds. The van der Waals surface area contributed by atoms with Crippen LogP contribution in [0.1, 0.15) is 18.1 Å². The van der Waals surface area contributed by atoms with E-state index in [1.54, 1.807) is 0 Å². The van der Waals surface area contributed by atoms with Gasteiger partial charge in [-0.15, -0.1) is 0 Å². The molecule has 0 spiro atoms. The Morgan fingerprint density at radius 2 is 1.25 bits per heavy atom. The first-order chi connectivity index (χ1) is 9.86. The van der Waals surface area contributed by atoms with Gasteiger partial charge in [0.2, 0.25) is 0 Å². The fourth-order valence-electron chi connectivity index (χ4n) is 1.38. The van der Waals surface area contributed by atoms with Crippen LogP contribution in [-0.2, 0) is 18.0 Å². The van der Waals surface area contributed by atoms with Crippen molar-refractivity contribution in [2.75, 3.05) is 13.7 Å². The van der Waals surface area contributed by atoms with Gasteiger partial charge in [-0.05, 0) is 18.1 Å². The molecule has 2 aromatic rings. The average molecular weight is 276 g/mol. The first kappa shape index (κ1) is 18.3. The van der Waals surface area contributed by atoms with Gasteiger partial charge in [-0.3, -0.25) is 0 Å². The van der Waals surface area contributed by atoms with Crippen molar-refractivity contribution in [1.82, 2.24) is 0 Å². The molecule has 2 N–H and O–H groups in total. The Hall–Kier alpha value is -1.68. The molecule has 2 rings (SSSR count). The minimum atomic E-state index is 0.140. The minimum Gasteiger partial charge on any atom is -0.400 e. The lowest BCUT2D eigenvalue weighted by molar-refractivity contribution is 0.134. The molecular weight excluding hydrogens is 252 g/mol. The van der Waals surface area contributed by atoms with Gasteiger partial charge < -0.3 is 14.9 Å². The van der Waals surface area contributed by atoms with E-state index in [4.69, 9.17) is 14.9 Å². The Morgan fingerprint density at radius 3 is 1.60 bits per heavy atom. The highest BCUT2D eigenvalue weighted by Crippen LogP contribution is 1.99. The van der Waals surface area contributed by atoms with Crippen molar-refractivity contribution < 1.29 is 14.9 Å². The van der Waals surface area contributed by atoms with Gasteiger partial charge in [0.25, 0.3) is 0 Å². The average Bonchev–Trinajstić information content (AvgIpc) is 2.57. The molecule has 0 atom stereocenters. The fraction of sp³-hybridized carbons (Fsp3) is 0.294. The smallest absolute Gasteiger partial charge is 0.0716 e. The maximum Gasteiger partial charge on any atom is 0.0716 e. The fourth-order valence-corrected chi connectivity index (χ4v) is 1.38. The SMILES string of the molecule is CCOCc1ccccc1.CO.OCc1ccccc1. The van der Waals surface area contributed by atoms with Gasteiger partial charge in [-0.1, -0.05) is 60.7 Å². The maximum atomic E-state index is 8.54. The van der Waals surface area contributed by atoms with Crippen molar-refractivity contribution in [1.29, 1.82) is 0 Å². The Kier molecular flexibility index (Phi) is 12.6. The van der Waals surface area contributed by atoms with E-state index in [2.05, 4.69) is 12.1 Å². The Labute approximate surface area is 121 Å². The molecule has 0 aliphatic rings. The number of aliphatic hydroxyl groups excluding tert-OH is 2. The third kappa shape index (κ3) is 9.28. The molecule has 0 aliphatic carbocycles. The highest BCUT2D eigenvalue weighted by Gasteiger charge is 1.86. The number of benzene rings is 2. The van der Waals surface area contributed by atoms with Crippen molar-refractivity contribution in [3.8, 4) is 0 Å². The van der Waals surface area contributed by atoms with Crippen LogP contribution in [0.4, 0.5) is 0 Å². The lowest BCUT2D eigenvalue weighted by atomic mass is 10.2. The van der Waals surface area contributed by atoms with Crippen molar-refractivity contribution in [3.05, 3.63) is 71.8 Å². The lowest BCUT2D eigenvalue weighted by Crippen LogP contribution is -1.90. The second kappa shape index (κ2) is 13.7. The first-order valence-electron chi connectivity index (χ1n) is 6.58. The predicted molar refractivity (Wildman–Crippen MR) is 82.3 cm³/mol. The van der Waals surface area contributed by atoms with Crippen LogP contribution >= 0.6 is 0 Å². The quantitative estimate of drug-likeness (QED) is 0.902. The molecule has 0 bridgehead atoms. The van der Waals surface area contributed by atoms with Crippen molar-refractivity contribution in [2.24, 2.45) is 0 Å². The molecule has 0 aliphatic heterocycles. The minimum absolute atomic E-state index is 0.140. The van der Waals surface area contributed by atoms with E-state index < -0.39 is 0 Å². The van der Waals surface area contributed by atoms with Crippen LogP contribution in [0, 0.1) is 0 Å². The molecule has 0 unspecified atom stereocenters. The Balaban J connectivity index is 0.000000327. The first-order valence-corrected chi connectivity index (χ1v) is 6.58. The Bertz CT molecular complexity index is 401. The normalized spacial score (nSPS) is 8.80. The number of rotatable bonds is 4. The highest BCUT2D eigenvalue weighted by molar-refractivity contribution is 5.13. The summed E-state index contributed by atoms with van der Waals surface area (Å²) in [7, 11) is 1.00. The molecule has 3 nitrogen and oxygen atoms in total. The summed E-state index contributed by atoms with van der Waals surface area (Å²) in [6, 6.07) is 19.7.